The van der Waals surface area contributed by atoms with E-state index in [0.29, 0.717) is 12.1 Å². The highest BCUT2D eigenvalue weighted by Gasteiger charge is 2.14. The molecular weight excluding hydrogens is 358 g/mol. The third-order valence-corrected chi connectivity index (χ3v) is 4.19. The third-order valence-electron chi connectivity index (χ3n) is 4.19. The molecule has 0 heterocycles. The summed E-state index contributed by atoms with van der Waals surface area (Å²) in [6, 6.07) is 16.1. The van der Waals surface area contributed by atoms with E-state index in [1.165, 1.54) is 17.7 Å². The van der Waals surface area contributed by atoms with E-state index >= 15 is 0 Å². The summed E-state index contributed by atoms with van der Waals surface area (Å²) in [6.07, 6.45) is -0.663. The van der Waals surface area contributed by atoms with Gasteiger partial charge in [-0.3, -0.25) is 19.8 Å². The van der Waals surface area contributed by atoms with Crippen molar-refractivity contribution < 1.29 is 14.8 Å². The summed E-state index contributed by atoms with van der Waals surface area (Å²) in [5.41, 5.74) is 6.72. The summed E-state index contributed by atoms with van der Waals surface area (Å²) in [5.74, 6) is -0.250. The van der Waals surface area contributed by atoms with Gasteiger partial charge in [0.05, 0.1) is 11.0 Å². The standard InChI is InChI=1S/C17H20N2O3.C4H9NO/c1-2-18(12-14-6-4-3-5-7-14)13-17(20)15-8-10-16(11-9-15)19(21)22;1-3(2)4(5)6/h3-11,17,20H,2,12-13H2,1H3;3H,1-2H3,(H2,5,6). The molecule has 0 saturated heterocycles. The highest BCUT2D eigenvalue weighted by molar-refractivity contribution is 5.75. The van der Waals surface area contributed by atoms with E-state index in [1.807, 2.05) is 25.1 Å². The normalized spacial score (nSPS) is 11.6. The first-order valence-electron chi connectivity index (χ1n) is 9.22. The van der Waals surface area contributed by atoms with Crippen LogP contribution in [0.3, 0.4) is 0 Å². The van der Waals surface area contributed by atoms with E-state index < -0.39 is 11.0 Å². The van der Waals surface area contributed by atoms with Gasteiger partial charge in [-0.2, -0.15) is 0 Å². The second-order valence-electron chi connectivity index (χ2n) is 6.73. The van der Waals surface area contributed by atoms with Gasteiger partial charge in [-0.25, -0.2) is 0 Å². The average Bonchev–Trinajstić information content (AvgIpc) is 2.68. The van der Waals surface area contributed by atoms with Gasteiger partial charge < -0.3 is 10.8 Å². The Morgan fingerprint density at radius 2 is 1.68 bits per heavy atom. The highest BCUT2D eigenvalue weighted by Crippen LogP contribution is 2.19. The Morgan fingerprint density at radius 3 is 2.11 bits per heavy atom. The molecule has 0 aliphatic heterocycles. The second-order valence-corrected chi connectivity index (χ2v) is 6.73. The van der Waals surface area contributed by atoms with Gasteiger partial charge in [0.1, 0.15) is 0 Å². The Balaban J connectivity index is 0.000000568. The van der Waals surface area contributed by atoms with Crippen LogP contribution < -0.4 is 5.73 Å². The lowest BCUT2D eigenvalue weighted by Gasteiger charge is -2.23. The molecule has 0 aliphatic rings. The number of carbonyl (C=O) groups is 1. The topological polar surface area (TPSA) is 110 Å². The predicted octanol–water partition coefficient (Wildman–Crippen LogP) is 3.28. The SMILES string of the molecule is CC(C)C(N)=O.CCN(Cc1ccccc1)CC(O)c1ccc([N+](=O)[O-])cc1. The van der Waals surface area contributed by atoms with Crippen LogP contribution in [0.25, 0.3) is 0 Å². The first-order chi connectivity index (χ1) is 13.2. The number of aliphatic hydroxyl groups is 1. The molecule has 1 amide bonds. The number of amides is 1. The summed E-state index contributed by atoms with van der Waals surface area (Å²) in [5, 5.41) is 21.0. The number of carbonyl (C=O) groups excluding carboxylic acids is 1. The molecule has 0 aliphatic carbocycles. The second kappa shape index (κ2) is 11.8. The van der Waals surface area contributed by atoms with Gasteiger partial charge in [0.2, 0.25) is 5.91 Å². The van der Waals surface area contributed by atoms with Crippen LogP contribution in [-0.2, 0) is 11.3 Å². The number of primary amides is 1. The van der Waals surface area contributed by atoms with E-state index in [9.17, 15) is 20.0 Å². The third kappa shape index (κ3) is 8.28. The fraction of sp³-hybridized carbons (Fsp3) is 0.381. The Hall–Kier alpha value is -2.77. The van der Waals surface area contributed by atoms with Crippen LogP contribution in [0.2, 0.25) is 0 Å². The molecule has 3 N–H and O–H groups in total. The van der Waals surface area contributed by atoms with Crippen molar-refractivity contribution in [3.63, 3.8) is 0 Å². The number of nitrogens with two attached hydrogens (primary N) is 1. The minimum Gasteiger partial charge on any atom is -0.387 e. The van der Waals surface area contributed by atoms with Gasteiger partial charge in [0, 0.05) is 31.1 Å². The van der Waals surface area contributed by atoms with Gasteiger partial charge in [0.25, 0.3) is 5.69 Å². The molecule has 0 bridgehead atoms. The number of hydrogen-bond acceptors (Lipinski definition) is 5. The van der Waals surface area contributed by atoms with Crippen LogP contribution in [0.1, 0.15) is 38.0 Å². The van der Waals surface area contributed by atoms with Crippen LogP contribution in [0.5, 0.6) is 0 Å². The largest absolute Gasteiger partial charge is 0.387 e. The zero-order valence-corrected chi connectivity index (χ0v) is 16.6. The average molecular weight is 387 g/mol. The lowest BCUT2D eigenvalue weighted by atomic mass is 10.1. The van der Waals surface area contributed by atoms with Crippen molar-refractivity contribution in [2.45, 2.75) is 33.4 Å². The number of nitro benzene ring substituents is 1. The Bertz CT molecular complexity index is 733. The number of nitro groups is 1. The molecule has 0 radical (unpaired) electrons. The highest BCUT2D eigenvalue weighted by atomic mass is 16.6. The van der Waals surface area contributed by atoms with Gasteiger partial charge >= 0.3 is 0 Å². The summed E-state index contributed by atoms with van der Waals surface area (Å²) >= 11 is 0. The monoisotopic (exact) mass is 387 g/mol. The maximum Gasteiger partial charge on any atom is 0.269 e. The van der Waals surface area contributed by atoms with Crippen LogP contribution in [0, 0.1) is 16.0 Å². The molecule has 28 heavy (non-hydrogen) atoms. The molecule has 2 aromatic rings. The molecule has 1 unspecified atom stereocenters. The lowest BCUT2D eigenvalue weighted by Crippen LogP contribution is -2.28. The molecule has 0 saturated carbocycles. The van der Waals surface area contributed by atoms with Crippen molar-refractivity contribution in [1.82, 2.24) is 4.90 Å². The predicted molar refractivity (Wildman–Crippen MR) is 109 cm³/mol. The quantitative estimate of drug-likeness (QED) is 0.533. The molecule has 2 aromatic carbocycles. The number of likely N-dealkylation sites (N-methyl/N-ethyl adjacent to an activating group) is 1. The minimum absolute atomic E-state index is 0.00926. The van der Waals surface area contributed by atoms with Crippen molar-refractivity contribution in [3.8, 4) is 0 Å². The van der Waals surface area contributed by atoms with E-state index in [1.54, 1.807) is 26.0 Å². The first kappa shape index (κ1) is 23.3. The van der Waals surface area contributed by atoms with E-state index in [0.717, 1.165) is 13.1 Å². The van der Waals surface area contributed by atoms with Gasteiger partial charge in [0.15, 0.2) is 0 Å². The van der Waals surface area contributed by atoms with Crippen molar-refractivity contribution in [2.24, 2.45) is 11.7 Å². The minimum atomic E-state index is -0.663. The van der Waals surface area contributed by atoms with Crippen molar-refractivity contribution in [1.29, 1.82) is 0 Å². The molecule has 0 fully saturated rings. The summed E-state index contributed by atoms with van der Waals surface area (Å²) < 4.78 is 0. The zero-order valence-electron chi connectivity index (χ0n) is 16.6. The van der Waals surface area contributed by atoms with Crippen LogP contribution >= 0.6 is 0 Å². The molecule has 1 atom stereocenters. The first-order valence-corrected chi connectivity index (χ1v) is 9.22. The maximum absolute atomic E-state index is 10.6. The summed E-state index contributed by atoms with van der Waals surface area (Å²) in [7, 11) is 0. The maximum atomic E-state index is 10.6. The fourth-order valence-electron chi connectivity index (χ4n) is 2.32. The molecule has 0 aromatic heterocycles. The van der Waals surface area contributed by atoms with Crippen molar-refractivity contribution in [2.75, 3.05) is 13.1 Å². The molecule has 2 rings (SSSR count). The molecule has 7 heteroatoms. The van der Waals surface area contributed by atoms with E-state index in [2.05, 4.69) is 17.0 Å². The Kier molecular flexibility index (Phi) is 9.84. The number of non-ortho nitro benzene ring substituents is 1. The molecule has 7 nitrogen and oxygen atoms in total. The number of aliphatic hydroxyl groups excluding tert-OH is 1. The summed E-state index contributed by atoms with van der Waals surface area (Å²) in [4.78, 5) is 22.3. The van der Waals surface area contributed by atoms with Crippen LogP contribution in [0.15, 0.2) is 54.6 Å². The number of hydrogen-bond donors (Lipinski definition) is 2. The van der Waals surface area contributed by atoms with Gasteiger partial charge in [-0.05, 0) is 29.8 Å². The van der Waals surface area contributed by atoms with E-state index in [-0.39, 0.29) is 17.5 Å². The fourth-order valence-corrected chi connectivity index (χ4v) is 2.32. The smallest absolute Gasteiger partial charge is 0.269 e. The number of nitrogens with zero attached hydrogens (tertiary/aromatic N) is 2. The van der Waals surface area contributed by atoms with Gasteiger partial charge in [-0.1, -0.05) is 51.1 Å². The Morgan fingerprint density at radius 1 is 1.14 bits per heavy atom. The zero-order chi connectivity index (χ0) is 21.1. The lowest BCUT2D eigenvalue weighted by molar-refractivity contribution is -0.384. The summed E-state index contributed by atoms with van der Waals surface area (Å²) in [6.45, 7) is 7.65. The molecular formula is C21H29N3O4. The number of benzene rings is 2. The van der Waals surface area contributed by atoms with E-state index in [4.69, 9.17) is 5.73 Å². The van der Waals surface area contributed by atoms with Crippen molar-refractivity contribution in [3.05, 3.63) is 75.8 Å². The molecule has 0 spiro atoms. The van der Waals surface area contributed by atoms with Crippen LogP contribution in [-0.4, -0.2) is 33.9 Å². The Labute approximate surface area is 165 Å². The molecule has 152 valence electrons. The number of rotatable bonds is 8. The van der Waals surface area contributed by atoms with Gasteiger partial charge in [-0.15, -0.1) is 0 Å². The van der Waals surface area contributed by atoms with Crippen LogP contribution in [0.4, 0.5) is 5.69 Å². The van der Waals surface area contributed by atoms with Crippen molar-refractivity contribution >= 4 is 11.6 Å².